The van der Waals surface area contributed by atoms with Crippen molar-refractivity contribution in [1.29, 1.82) is 0 Å². The van der Waals surface area contributed by atoms with Gasteiger partial charge in [-0.05, 0) is 43.9 Å². The molecule has 1 aliphatic heterocycles. The highest BCUT2D eigenvalue weighted by atomic mass is 16.5. The van der Waals surface area contributed by atoms with E-state index in [-0.39, 0.29) is 6.10 Å². The maximum Gasteiger partial charge on any atom is 0.100 e. The summed E-state index contributed by atoms with van der Waals surface area (Å²) in [5, 5.41) is 4.09. The predicted octanol–water partition coefficient (Wildman–Crippen LogP) is 3.73. The first-order valence-electron chi connectivity index (χ1n) is 9.61. The number of aromatic nitrogens is 2. The van der Waals surface area contributed by atoms with Crippen molar-refractivity contribution in [2.24, 2.45) is 12.5 Å². The Balaban J connectivity index is 1.42. The predicted molar refractivity (Wildman–Crippen MR) is 91.2 cm³/mol. The molecule has 0 amide bonds. The lowest BCUT2D eigenvalue weighted by atomic mass is 9.68. The molecule has 1 aromatic rings. The van der Waals surface area contributed by atoms with Gasteiger partial charge in [0.05, 0.1) is 18.2 Å². The minimum Gasteiger partial charge on any atom is -0.372 e. The van der Waals surface area contributed by atoms with Crippen LogP contribution in [0.15, 0.2) is 12.5 Å². The summed E-state index contributed by atoms with van der Waals surface area (Å²) in [4.78, 5) is 4.26. The second kappa shape index (κ2) is 6.56. The first-order valence-corrected chi connectivity index (χ1v) is 9.61. The molecule has 3 aliphatic rings. The van der Waals surface area contributed by atoms with Gasteiger partial charge in [-0.15, -0.1) is 0 Å². The first kappa shape index (κ1) is 15.6. The van der Waals surface area contributed by atoms with Gasteiger partial charge in [0.2, 0.25) is 0 Å². The van der Waals surface area contributed by atoms with Crippen molar-refractivity contribution in [3.63, 3.8) is 0 Å². The van der Waals surface area contributed by atoms with Gasteiger partial charge in [0.15, 0.2) is 0 Å². The van der Waals surface area contributed by atoms with E-state index in [1.165, 1.54) is 57.1 Å². The first-order chi connectivity index (χ1) is 11.3. The Bertz CT molecular complexity index is 520. The van der Waals surface area contributed by atoms with Crippen LogP contribution in [0, 0.1) is 5.41 Å². The number of nitrogens with zero attached hydrogens (tertiary/aromatic N) is 2. The maximum atomic E-state index is 6.04. The van der Waals surface area contributed by atoms with E-state index < -0.39 is 0 Å². The summed E-state index contributed by atoms with van der Waals surface area (Å²) in [5.74, 6) is 0. The molecule has 128 valence electrons. The standard InChI is InChI=1S/C19H31N3O/c1-22-14-20-13-16(22)17-12-15(7-11-23-17)21-18-6-2-3-8-19(18)9-4-5-10-19/h13-15,17-18,21H,2-12H2,1H3. The molecule has 2 saturated carbocycles. The van der Waals surface area contributed by atoms with Crippen molar-refractivity contribution in [2.75, 3.05) is 6.61 Å². The fourth-order valence-electron chi connectivity index (χ4n) is 5.36. The third kappa shape index (κ3) is 3.08. The van der Waals surface area contributed by atoms with E-state index in [4.69, 9.17) is 4.74 Å². The lowest BCUT2D eigenvalue weighted by Gasteiger charge is -2.45. The van der Waals surface area contributed by atoms with Gasteiger partial charge in [-0.1, -0.05) is 25.7 Å². The topological polar surface area (TPSA) is 39.1 Å². The van der Waals surface area contributed by atoms with Crippen LogP contribution in [-0.2, 0) is 11.8 Å². The quantitative estimate of drug-likeness (QED) is 0.923. The molecule has 1 N–H and O–H groups in total. The lowest BCUT2D eigenvalue weighted by molar-refractivity contribution is -0.0124. The van der Waals surface area contributed by atoms with Gasteiger partial charge < -0.3 is 14.6 Å². The summed E-state index contributed by atoms with van der Waals surface area (Å²) >= 11 is 0. The minimum atomic E-state index is 0.205. The van der Waals surface area contributed by atoms with Crippen LogP contribution in [0.3, 0.4) is 0 Å². The smallest absolute Gasteiger partial charge is 0.100 e. The Kier molecular flexibility index (Phi) is 4.46. The van der Waals surface area contributed by atoms with Gasteiger partial charge in [0, 0.05) is 25.7 Å². The molecular formula is C19H31N3O. The third-order valence-electron chi connectivity index (χ3n) is 6.66. The lowest BCUT2D eigenvalue weighted by Crippen LogP contribution is -2.51. The van der Waals surface area contributed by atoms with Crippen LogP contribution in [0.25, 0.3) is 0 Å². The van der Waals surface area contributed by atoms with E-state index in [1.807, 2.05) is 12.5 Å². The normalized spacial score (nSPS) is 34.0. The van der Waals surface area contributed by atoms with Crippen LogP contribution in [-0.4, -0.2) is 28.2 Å². The van der Waals surface area contributed by atoms with Crippen molar-refractivity contribution in [3.05, 3.63) is 18.2 Å². The third-order valence-corrected chi connectivity index (χ3v) is 6.66. The molecule has 3 unspecified atom stereocenters. The highest BCUT2D eigenvalue weighted by Gasteiger charge is 2.43. The zero-order valence-electron chi connectivity index (χ0n) is 14.5. The van der Waals surface area contributed by atoms with Crippen LogP contribution in [0.4, 0.5) is 0 Å². The molecule has 4 rings (SSSR count). The molecule has 0 aromatic carbocycles. The number of rotatable bonds is 3. The van der Waals surface area contributed by atoms with E-state index in [0.717, 1.165) is 25.5 Å². The molecule has 3 atom stereocenters. The van der Waals surface area contributed by atoms with Gasteiger partial charge in [0.1, 0.15) is 6.10 Å². The van der Waals surface area contributed by atoms with Gasteiger partial charge in [0.25, 0.3) is 0 Å². The van der Waals surface area contributed by atoms with Gasteiger partial charge in [-0.2, -0.15) is 0 Å². The number of hydrogen-bond acceptors (Lipinski definition) is 3. The zero-order chi connectivity index (χ0) is 15.7. The largest absolute Gasteiger partial charge is 0.372 e. The molecule has 0 bridgehead atoms. The van der Waals surface area contributed by atoms with Crippen LogP contribution in [0.2, 0.25) is 0 Å². The number of ether oxygens (including phenoxy) is 1. The molecule has 4 heteroatoms. The monoisotopic (exact) mass is 317 g/mol. The summed E-state index contributed by atoms with van der Waals surface area (Å²) in [7, 11) is 2.07. The number of hydrogen-bond donors (Lipinski definition) is 1. The van der Waals surface area contributed by atoms with Crippen LogP contribution < -0.4 is 5.32 Å². The zero-order valence-corrected chi connectivity index (χ0v) is 14.5. The second-order valence-corrected chi connectivity index (χ2v) is 8.04. The van der Waals surface area contributed by atoms with Crippen molar-refractivity contribution in [3.8, 4) is 0 Å². The summed E-state index contributed by atoms with van der Waals surface area (Å²) in [5.41, 5.74) is 1.84. The van der Waals surface area contributed by atoms with Gasteiger partial charge >= 0.3 is 0 Å². The van der Waals surface area contributed by atoms with E-state index >= 15 is 0 Å². The van der Waals surface area contributed by atoms with Crippen molar-refractivity contribution in [1.82, 2.24) is 14.9 Å². The number of aryl methyl sites for hydroxylation is 1. The Morgan fingerprint density at radius 1 is 1.17 bits per heavy atom. The van der Waals surface area contributed by atoms with Crippen molar-refractivity contribution >= 4 is 0 Å². The minimum absolute atomic E-state index is 0.205. The summed E-state index contributed by atoms with van der Waals surface area (Å²) in [6.45, 7) is 0.868. The van der Waals surface area contributed by atoms with Crippen LogP contribution >= 0.6 is 0 Å². The maximum absolute atomic E-state index is 6.04. The number of imidazole rings is 1. The van der Waals surface area contributed by atoms with E-state index in [9.17, 15) is 0 Å². The van der Waals surface area contributed by atoms with Crippen LogP contribution in [0.5, 0.6) is 0 Å². The Hall–Kier alpha value is -0.870. The SMILES string of the molecule is Cn1cncc1C1CC(NC2CCCCC23CCCC3)CCO1. The van der Waals surface area contributed by atoms with Gasteiger partial charge in [-0.3, -0.25) is 0 Å². The van der Waals surface area contributed by atoms with Gasteiger partial charge in [-0.25, -0.2) is 4.98 Å². The fraction of sp³-hybridized carbons (Fsp3) is 0.842. The molecule has 4 nitrogen and oxygen atoms in total. The average Bonchev–Trinajstić information content (AvgIpc) is 3.20. The molecule has 0 radical (unpaired) electrons. The van der Waals surface area contributed by atoms with E-state index in [2.05, 4.69) is 21.9 Å². The number of nitrogens with one attached hydrogen (secondary N) is 1. The van der Waals surface area contributed by atoms with Crippen molar-refractivity contribution in [2.45, 2.75) is 82.4 Å². The highest BCUT2D eigenvalue weighted by molar-refractivity contribution is 5.05. The second-order valence-electron chi connectivity index (χ2n) is 8.04. The van der Waals surface area contributed by atoms with E-state index in [1.54, 1.807) is 0 Å². The Labute approximate surface area is 140 Å². The molecule has 2 heterocycles. The van der Waals surface area contributed by atoms with E-state index in [0.29, 0.717) is 11.5 Å². The summed E-state index contributed by atoms with van der Waals surface area (Å²) in [6.07, 6.45) is 17.8. The molecule has 1 aromatic heterocycles. The molecule has 23 heavy (non-hydrogen) atoms. The summed E-state index contributed by atoms with van der Waals surface area (Å²) in [6, 6.07) is 1.35. The molecule has 3 fully saturated rings. The highest BCUT2D eigenvalue weighted by Crippen LogP contribution is 2.49. The van der Waals surface area contributed by atoms with Crippen LogP contribution in [0.1, 0.15) is 76.0 Å². The molecule has 2 aliphatic carbocycles. The average molecular weight is 317 g/mol. The Morgan fingerprint density at radius 3 is 2.70 bits per heavy atom. The fourth-order valence-corrected chi connectivity index (χ4v) is 5.36. The Morgan fingerprint density at radius 2 is 1.96 bits per heavy atom. The molecule has 1 saturated heterocycles. The van der Waals surface area contributed by atoms with Crippen molar-refractivity contribution < 1.29 is 4.74 Å². The summed E-state index contributed by atoms with van der Waals surface area (Å²) < 4.78 is 8.14. The molecule has 1 spiro atoms. The molecular weight excluding hydrogens is 286 g/mol.